The van der Waals surface area contributed by atoms with Crippen molar-refractivity contribution < 1.29 is 9.53 Å². The van der Waals surface area contributed by atoms with Crippen molar-refractivity contribution >= 4 is 5.91 Å². The van der Waals surface area contributed by atoms with E-state index in [4.69, 9.17) is 10.5 Å². The number of benzene rings is 1. The van der Waals surface area contributed by atoms with Crippen LogP contribution in [0.5, 0.6) is 5.75 Å². The van der Waals surface area contributed by atoms with Crippen LogP contribution in [-0.2, 0) is 6.54 Å². The van der Waals surface area contributed by atoms with E-state index < -0.39 is 0 Å². The number of nitrogens with one attached hydrogen (secondary N) is 1. The standard InChI is InChI=1S/C16H19N3O2/c1-12-3-2-4-15(9-12)21-8-7-19-16(20)13-5-6-18-14(10-13)11-17/h2-6,9-10H,7-8,11,17H2,1H3,(H,19,20). The summed E-state index contributed by atoms with van der Waals surface area (Å²) in [7, 11) is 0. The van der Waals surface area contributed by atoms with E-state index >= 15 is 0 Å². The van der Waals surface area contributed by atoms with Crippen molar-refractivity contribution in [2.75, 3.05) is 13.2 Å². The Bertz CT molecular complexity index is 614. The van der Waals surface area contributed by atoms with Gasteiger partial charge < -0.3 is 15.8 Å². The van der Waals surface area contributed by atoms with Crippen molar-refractivity contribution in [2.45, 2.75) is 13.5 Å². The van der Waals surface area contributed by atoms with E-state index in [1.54, 1.807) is 18.3 Å². The van der Waals surface area contributed by atoms with Gasteiger partial charge in [0.05, 0.1) is 12.2 Å². The maximum absolute atomic E-state index is 11.9. The summed E-state index contributed by atoms with van der Waals surface area (Å²) in [6.07, 6.45) is 1.58. The molecule has 1 amide bonds. The van der Waals surface area contributed by atoms with E-state index in [0.29, 0.717) is 31.0 Å². The van der Waals surface area contributed by atoms with Gasteiger partial charge in [0.15, 0.2) is 0 Å². The molecule has 0 radical (unpaired) electrons. The average Bonchev–Trinajstić information content (AvgIpc) is 2.51. The highest BCUT2D eigenvalue weighted by molar-refractivity contribution is 5.94. The number of carbonyl (C=O) groups is 1. The van der Waals surface area contributed by atoms with Crippen LogP contribution in [0.2, 0.25) is 0 Å². The SMILES string of the molecule is Cc1cccc(OCCNC(=O)c2ccnc(CN)c2)c1. The molecule has 0 unspecified atom stereocenters. The molecule has 0 aliphatic heterocycles. The molecule has 5 heteroatoms. The second-order valence-electron chi connectivity index (χ2n) is 4.66. The summed E-state index contributed by atoms with van der Waals surface area (Å²) in [6, 6.07) is 11.2. The summed E-state index contributed by atoms with van der Waals surface area (Å²) >= 11 is 0. The highest BCUT2D eigenvalue weighted by atomic mass is 16.5. The fourth-order valence-corrected chi connectivity index (χ4v) is 1.87. The van der Waals surface area contributed by atoms with Crippen molar-refractivity contribution in [3.63, 3.8) is 0 Å². The van der Waals surface area contributed by atoms with Gasteiger partial charge in [-0.25, -0.2) is 0 Å². The number of nitrogens with zero attached hydrogens (tertiary/aromatic N) is 1. The lowest BCUT2D eigenvalue weighted by molar-refractivity contribution is 0.0946. The molecule has 0 saturated carbocycles. The first-order valence-corrected chi connectivity index (χ1v) is 6.81. The van der Waals surface area contributed by atoms with Crippen molar-refractivity contribution in [1.29, 1.82) is 0 Å². The maximum Gasteiger partial charge on any atom is 0.251 e. The lowest BCUT2D eigenvalue weighted by Gasteiger charge is -2.08. The number of aromatic nitrogens is 1. The number of carbonyl (C=O) groups excluding carboxylic acids is 1. The summed E-state index contributed by atoms with van der Waals surface area (Å²) in [6.45, 7) is 3.18. The molecule has 1 heterocycles. The Morgan fingerprint density at radius 2 is 2.19 bits per heavy atom. The Hall–Kier alpha value is -2.40. The molecule has 0 aliphatic rings. The van der Waals surface area contributed by atoms with Crippen molar-refractivity contribution in [3.8, 4) is 5.75 Å². The third-order valence-corrected chi connectivity index (χ3v) is 2.93. The number of ether oxygens (including phenoxy) is 1. The van der Waals surface area contributed by atoms with Crippen molar-refractivity contribution in [3.05, 3.63) is 59.4 Å². The van der Waals surface area contributed by atoms with Crippen LogP contribution in [0.1, 0.15) is 21.6 Å². The number of hydrogen-bond acceptors (Lipinski definition) is 4. The molecule has 110 valence electrons. The molecule has 2 rings (SSSR count). The largest absolute Gasteiger partial charge is 0.492 e. The number of nitrogens with two attached hydrogens (primary N) is 1. The molecule has 0 saturated heterocycles. The number of rotatable bonds is 6. The van der Waals surface area contributed by atoms with Gasteiger partial charge in [-0.1, -0.05) is 12.1 Å². The maximum atomic E-state index is 11.9. The summed E-state index contributed by atoms with van der Waals surface area (Å²) in [4.78, 5) is 16.0. The Kier molecular flexibility index (Phi) is 5.29. The second kappa shape index (κ2) is 7.40. The first-order chi connectivity index (χ1) is 10.2. The lowest BCUT2D eigenvalue weighted by Crippen LogP contribution is -2.28. The Morgan fingerprint density at radius 1 is 1.33 bits per heavy atom. The van der Waals surface area contributed by atoms with Gasteiger partial charge in [0, 0.05) is 18.3 Å². The van der Waals surface area contributed by atoms with Gasteiger partial charge in [-0.2, -0.15) is 0 Å². The van der Waals surface area contributed by atoms with Crippen LogP contribution in [0, 0.1) is 6.92 Å². The Morgan fingerprint density at radius 3 is 2.95 bits per heavy atom. The van der Waals surface area contributed by atoms with Crippen LogP contribution in [0.3, 0.4) is 0 Å². The van der Waals surface area contributed by atoms with Gasteiger partial charge in [0.2, 0.25) is 0 Å². The van der Waals surface area contributed by atoms with Gasteiger partial charge in [0.1, 0.15) is 12.4 Å². The topological polar surface area (TPSA) is 77.2 Å². The molecule has 1 aromatic heterocycles. The van der Waals surface area contributed by atoms with Crippen LogP contribution < -0.4 is 15.8 Å². The van der Waals surface area contributed by atoms with Gasteiger partial charge in [-0.3, -0.25) is 9.78 Å². The van der Waals surface area contributed by atoms with E-state index in [2.05, 4.69) is 10.3 Å². The fraction of sp³-hybridized carbons (Fsp3) is 0.250. The third-order valence-electron chi connectivity index (χ3n) is 2.93. The van der Waals surface area contributed by atoms with E-state index in [1.165, 1.54) is 0 Å². The molecular formula is C16H19N3O2. The number of hydrogen-bond donors (Lipinski definition) is 2. The van der Waals surface area contributed by atoms with E-state index in [0.717, 1.165) is 11.3 Å². The van der Waals surface area contributed by atoms with Gasteiger partial charge >= 0.3 is 0 Å². The zero-order valence-electron chi connectivity index (χ0n) is 12.0. The zero-order chi connectivity index (χ0) is 15.1. The molecule has 5 nitrogen and oxygen atoms in total. The molecule has 2 aromatic rings. The molecule has 21 heavy (non-hydrogen) atoms. The second-order valence-corrected chi connectivity index (χ2v) is 4.66. The summed E-state index contributed by atoms with van der Waals surface area (Å²) in [5, 5.41) is 2.80. The van der Waals surface area contributed by atoms with E-state index in [-0.39, 0.29) is 5.91 Å². The molecule has 3 N–H and O–H groups in total. The van der Waals surface area contributed by atoms with Gasteiger partial charge in [-0.15, -0.1) is 0 Å². The third kappa shape index (κ3) is 4.57. The zero-order valence-corrected chi connectivity index (χ0v) is 12.0. The highest BCUT2D eigenvalue weighted by Gasteiger charge is 2.05. The lowest BCUT2D eigenvalue weighted by atomic mass is 10.2. The van der Waals surface area contributed by atoms with Gasteiger partial charge in [0.25, 0.3) is 5.91 Å². The summed E-state index contributed by atoms with van der Waals surface area (Å²) in [5.41, 5.74) is 7.89. The number of amides is 1. The number of pyridine rings is 1. The minimum atomic E-state index is -0.153. The monoisotopic (exact) mass is 285 g/mol. The van der Waals surface area contributed by atoms with E-state index in [1.807, 2.05) is 31.2 Å². The van der Waals surface area contributed by atoms with Crippen molar-refractivity contribution in [2.24, 2.45) is 5.73 Å². The first-order valence-electron chi connectivity index (χ1n) is 6.81. The molecule has 0 aliphatic carbocycles. The summed E-state index contributed by atoms with van der Waals surface area (Å²) < 4.78 is 5.57. The van der Waals surface area contributed by atoms with Crippen LogP contribution in [0.15, 0.2) is 42.6 Å². The Labute approximate surface area is 124 Å². The molecule has 0 spiro atoms. The smallest absolute Gasteiger partial charge is 0.251 e. The molecular weight excluding hydrogens is 266 g/mol. The normalized spacial score (nSPS) is 10.2. The van der Waals surface area contributed by atoms with Crippen LogP contribution in [0.4, 0.5) is 0 Å². The quantitative estimate of drug-likeness (QED) is 0.791. The predicted octanol–water partition coefficient (Wildman–Crippen LogP) is 1.66. The average molecular weight is 285 g/mol. The van der Waals surface area contributed by atoms with E-state index in [9.17, 15) is 4.79 Å². The van der Waals surface area contributed by atoms with Crippen molar-refractivity contribution in [1.82, 2.24) is 10.3 Å². The minimum Gasteiger partial charge on any atom is -0.492 e. The van der Waals surface area contributed by atoms with Crippen LogP contribution in [0.25, 0.3) is 0 Å². The first kappa shape index (κ1) is 15.0. The van der Waals surface area contributed by atoms with Gasteiger partial charge in [-0.05, 0) is 36.8 Å². The van der Waals surface area contributed by atoms with Crippen LogP contribution in [-0.4, -0.2) is 24.0 Å². The predicted molar refractivity (Wildman–Crippen MR) is 81.1 cm³/mol. The Balaban J connectivity index is 1.79. The fourth-order valence-electron chi connectivity index (χ4n) is 1.87. The summed E-state index contributed by atoms with van der Waals surface area (Å²) in [5.74, 6) is 0.651. The molecule has 1 aromatic carbocycles. The molecule has 0 bridgehead atoms. The van der Waals surface area contributed by atoms with Crippen LogP contribution >= 0.6 is 0 Å². The molecule has 0 fully saturated rings. The molecule has 0 atom stereocenters. The number of aryl methyl sites for hydroxylation is 1. The highest BCUT2D eigenvalue weighted by Crippen LogP contribution is 2.11. The minimum absolute atomic E-state index is 0.153.